The van der Waals surface area contributed by atoms with Gasteiger partial charge in [-0.15, -0.1) is 0 Å². The molecule has 2 heterocycles. The summed E-state index contributed by atoms with van der Waals surface area (Å²) in [6.45, 7) is 1.95. The first kappa shape index (κ1) is 10.4. The maximum Gasteiger partial charge on any atom is 0.339 e. The van der Waals surface area contributed by atoms with Crippen molar-refractivity contribution in [2.24, 2.45) is 0 Å². The Hall–Kier alpha value is -2.17. The van der Waals surface area contributed by atoms with Gasteiger partial charge in [-0.3, -0.25) is 4.98 Å². The number of nitrogens with zero attached hydrogens (tertiary/aromatic N) is 1. The molecule has 0 aromatic carbocycles. The average Bonchev–Trinajstić information content (AvgIpc) is 2.28. The van der Waals surface area contributed by atoms with E-state index < -0.39 is 11.6 Å². The Morgan fingerprint density at radius 1 is 1.56 bits per heavy atom. The van der Waals surface area contributed by atoms with Gasteiger partial charge in [0, 0.05) is 18.5 Å². The lowest BCUT2D eigenvalue weighted by Crippen LogP contribution is -2.10. The zero-order chi connectivity index (χ0) is 11.5. The van der Waals surface area contributed by atoms with Crippen LogP contribution in [0.25, 0.3) is 11.0 Å². The van der Waals surface area contributed by atoms with E-state index >= 15 is 0 Å². The molecule has 0 aliphatic carbocycles. The number of hydrogen-bond donors (Lipinski definition) is 0. The van der Waals surface area contributed by atoms with Crippen LogP contribution in [-0.2, 0) is 4.74 Å². The summed E-state index contributed by atoms with van der Waals surface area (Å²) in [5.41, 5.74) is -0.0755. The summed E-state index contributed by atoms with van der Waals surface area (Å²) >= 11 is 0. The lowest BCUT2D eigenvalue weighted by Gasteiger charge is -2.03. The van der Waals surface area contributed by atoms with Crippen molar-refractivity contribution < 1.29 is 13.9 Å². The van der Waals surface area contributed by atoms with Crippen LogP contribution in [0.5, 0.6) is 0 Å². The molecule has 2 rings (SSSR count). The minimum atomic E-state index is -0.582. The molecule has 0 unspecified atom stereocenters. The van der Waals surface area contributed by atoms with E-state index in [1.807, 2.05) is 0 Å². The molecule has 2 aromatic heterocycles. The van der Waals surface area contributed by atoms with Crippen LogP contribution in [0, 0.1) is 0 Å². The van der Waals surface area contributed by atoms with Crippen molar-refractivity contribution in [3.05, 3.63) is 40.5 Å². The first-order valence-electron chi connectivity index (χ1n) is 4.77. The van der Waals surface area contributed by atoms with E-state index in [1.165, 1.54) is 18.5 Å². The van der Waals surface area contributed by atoms with Gasteiger partial charge in [0.1, 0.15) is 5.58 Å². The number of carbonyl (C=O) groups excluding carboxylic acids is 1. The van der Waals surface area contributed by atoms with Crippen LogP contribution in [0.4, 0.5) is 0 Å². The molecule has 5 nitrogen and oxygen atoms in total. The quantitative estimate of drug-likeness (QED) is 0.713. The number of esters is 1. The molecule has 0 N–H and O–H groups in total. The van der Waals surface area contributed by atoms with Crippen LogP contribution in [0.15, 0.2) is 33.7 Å². The van der Waals surface area contributed by atoms with Gasteiger partial charge in [0.15, 0.2) is 0 Å². The zero-order valence-corrected chi connectivity index (χ0v) is 8.60. The number of carbonyl (C=O) groups is 1. The Bertz CT molecular complexity index is 588. The summed E-state index contributed by atoms with van der Waals surface area (Å²) in [7, 11) is 0. The normalized spacial score (nSPS) is 10.3. The molecule has 0 aliphatic heterocycles. The Labute approximate surface area is 90.7 Å². The number of aromatic nitrogens is 1. The van der Waals surface area contributed by atoms with E-state index in [0.717, 1.165) is 6.07 Å². The number of fused-ring (bicyclic) bond motifs is 1. The monoisotopic (exact) mass is 219 g/mol. The summed E-state index contributed by atoms with van der Waals surface area (Å²) < 4.78 is 9.77. The third kappa shape index (κ3) is 1.79. The van der Waals surface area contributed by atoms with Crippen LogP contribution in [0.2, 0.25) is 0 Å². The molecule has 5 heteroatoms. The van der Waals surface area contributed by atoms with E-state index in [4.69, 9.17) is 9.15 Å². The fourth-order valence-electron chi connectivity index (χ4n) is 1.38. The van der Waals surface area contributed by atoms with Gasteiger partial charge in [-0.2, -0.15) is 0 Å². The zero-order valence-electron chi connectivity index (χ0n) is 8.60. The molecule has 0 amide bonds. The highest BCUT2D eigenvalue weighted by Crippen LogP contribution is 2.15. The highest BCUT2D eigenvalue weighted by atomic mass is 16.5. The van der Waals surface area contributed by atoms with Crippen molar-refractivity contribution in [3.8, 4) is 0 Å². The van der Waals surface area contributed by atoms with Crippen molar-refractivity contribution in [2.45, 2.75) is 6.92 Å². The van der Waals surface area contributed by atoms with Gasteiger partial charge >= 0.3 is 11.6 Å². The Morgan fingerprint density at radius 2 is 2.38 bits per heavy atom. The van der Waals surface area contributed by atoms with Crippen molar-refractivity contribution in [3.63, 3.8) is 0 Å². The summed E-state index contributed by atoms with van der Waals surface area (Å²) in [4.78, 5) is 26.7. The molecule has 0 atom stereocenters. The van der Waals surface area contributed by atoms with Gasteiger partial charge in [0.2, 0.25) is 0 Å². The molecule has 16 heavy (non-hydrogen) atoms. The third-order valence-corrected chi connectivity index (χ3v) is 2.04. The molecule has 2 aromatic rings. The summed E-state index contributed by atoms with van der Waals surface area (Å²) in [5, 5.41) is 0.473. The summed E-state index contributed by atoms with van der Waals surface area (Å²) in [5.74, 6) is -0.548. The second kappa shape index (κ2) is 4.14. The fraction of sp³-hybridized carbons (Fsp3) is 0.182. The third-order valence-electron chi connectivity index (χ3n) is 2.04. The van der Waals surface area contributed by atoms with E-state index in [1.54, 1.807) is 6.92 Å². The largest absolute Gasteiger partial charge is 0.462 e. The van der Waals surface area contributed by atoms with Crippen LogP contribution < -0.4 is 5.63 Å². The Morgan fingerprint density at radius 3 is 3.12 bits per heavy atom. The summed E-state index contributed by atoms with van der Waals surface area (Å²) in [6.07, 6.45) is 2.95. The van der Waals surface area contributed by atoms with Crippen molar-refractivity contribution >= 4 is 16.9 Å². The molecule has 0 saturated heterocycles. The maximum absolute atomic E-state index is 11.6. The van der Waals surface area contributed by atoms with E-state index in [9.17, 15) is 9.59 Å². The molecule has 0 aliphatic rings. The van der Waals surface area contributed by atoms with Crippen molar-refractivity contribution in [1.29, 1.82) is 0 Å². The molecule has 0 bridgehead atoms. The van der Waals surface area contributed by atoms with E-state index in [2.05, 4.69) is 4.98 Å². The molecule has 0 fully saturated rings. The molecule has 82 valence electrons. The predicted molar refractivity (Wildman–Crippen MR) is 56.2 cm³/mol. The fourth-order valence-corrected chi connectivity index (χ4v) is 1.38. The van der Waals surface area contributed by atoms with Crippen molar-refractivity contribution in [1.82, 2.24) is 4.98 Å². The minimum Gasteiger partial charge on any atom is -0.462 e. The molecule has 0 radical (unpaired) electrons. The van der Waals surface area contributed by atoms with Crippen LogP contribution in [0.1, 0.15) is 17.3 Å². The molecule has 0 saturated carbocycles. The van der Waals surface area contributed by atoms with Gasteiger partial charge < -0.3 is 9.15 Å². The van der Waals surface area contributed by atoms with Crippen LogP contribution >= 0.6 is 0 Å². The number of rotatable bonds is 2. The first-order chi connectivity index (χ1) is 7.72. The number of ether oxygens (including phenoxy) is 1. The molecule has 0 spiro atoms. The highest BCUT2D eigenvalue weighted by molar-refractivity contribution is 6.02. The molecular weight excluding hydrogens is 210 g/mol. The highest BCUT2D eigenvalue weighted by Gasteiger charge is 2.13. The van der Waals surface area contributed by atoms with Gasteiger partial charge in [-0.05, 0) is 13.0 Å². The lowest BCUT2D eigenvalue weighted by molar-refractivity contribution is 0.0528. The maximum atomic E-state index is 11.6. The standard InChI is InChI=1S/C11H9NO4/c1-2-15-11(14)7-5-10(13)16-9-3-4-12-6-8(7)9/h3-6H,2H2,1H3. The van der Waals surface area contributed by atoms with E-state index in [0.29, 0.717) is 11.0 Å². The van der Waals surface area contributed by atoms with Crippen LogP contribution in [0.3, 0.4) is 0 Å². The second-order valence-electron chi connectivity index (χ2n) is 3.07. The van der Waals surface area contributed by atoms with Gasteiger partial charge in [-0.1, -0.05) is 0 Å². The SMILES string of the molecule is CCOC(=O)c1cc(=O)oc2ccncc12. The Balaban J connectivity index is 2.68. The van der Waals surface area contributed by atoms with Gasteiger partial charge in [-0.25, -0.2) is 9.59 Å². The van der Waals surface area contributed by atoms with Crippen molar-refractivity contribution in [2.75, 3.05) is 6.61 Å². The minimum absolute atomic E-state index is 0.182. The van der Waals surface area contributed by atoms with E-state index in [-0.39, 0.29) is 12.2 Å². The topological polar surface area (TPSA) is 69.4 Å². The molecular formula is C11H9NO4. The van der Waals surface area contributed by atoms with Crippen LogP contribution in [-0.4, -0.2) is 17.6 Å². The predicted octanol–water partition coefficient (Wildman–Crippen LogP) is 1.36. The summed E-state index contributed by atoms with van der Waals surface area (Å²) in [6, 6.07) is 2.64. The smallest absolute Gasteiger partial charge is 0.339 e. The van der Waals surface area contributed by atoms with Gasteiger partial charge in [0.05, 0.1) is 17.6 Å². The number of pyridine rings is 1. The lowest BCUT2D eigenvalue weighted by atomic mass is 10.2. The second-order valence-corrected chi connectivity index (χ2v) is 3.07. The average molecular weight is 219 g/mol. The number of hydrogen-bond acceptors (Lipinski definition) is 5. The van der Waals surface area contributed by atoms with Gasteiger partial charge in [0.25, 0.3) is 0 Å². The Kier molecular flexibility index (Phi) is 2.68. The first-order valence-corrected chi connectivity index (χ1v) is 4.77.